The fourth-order valence-corrected chi connectivity index (χ4v) is 3.14. The van der Waals surface area contributed by atoms with Crippen molar-refractivity contribution in [3.63, 3.8) is 0 Å². The van der Waals surface area contributed by atoms with Gasteiger partial charge in [-0.25, -0.2) is 0 Å². The second kappa shape index (κ2) is 6.62. The molecule has 0 bridgehead atoms. The third-order valence-electron chi connectivity index (χ3n) is 3.87. The van der Waals surface area contributed by atoms with E-state index in [0.717, 1.165) is 32.5 Å². The quantitative estimate of drug-likeness (QED) is 0.839. The average molecular weight is 293 g/mol. The van der Waals surface area contributed by atoms with Gasteiger partial charge in [0.25, 0.3) is 5.91 Å². The molecule has 3 N–H and O–H groups in total. The van der Waals surface area contributed by atoms with E-state index in [2.05, 4.69) is 17.1 Å². The summed E-state index contributed by atoms with van der Waals surface area (Å²) in [7, 11) is 0. The molecule has 5 nitrogen and oxygen atoms in total. The molecule has 1 aromatic heterocycles. The van der Waals surface area contributed by atoms with E-state index >= 15 is 0 Å². The van der Waals surface area contributed by atoms with Gasteiger partial charge in [0.15, 0.2) is 5.76 Å². The molecule has 5 heteroatoms. The molecule has 1 amide bonds. The topological polar surface area (TPSA) is 71.5 Å². The Kier molecular flexibility index (Phi) is 5.06. The monoisotopic (exact) mass is 293 g/mol. The molecular formula is C16H27N3O2. The van der Waals surface area contributed by atoms with Crippen molar-refractivity contribution in [2.24, 2.45) is 11.7 Å². The van der Waals surface area contributed by atoms with Gasteiger partial charge in [0.05, 0.1) is 6.26 Å². The Labute approximate surface area is 126 Å². The largest absolute Gasteiger partial charge is 0.459 e. The van der Waals surface area contributed by atoms with Crippen LogP contribution in [-0.2, 0) is 0 Å². The Morgan fingerprint density at radius 3 is 2.86 bits per heavy atom. The van der Waals surface area contributed by atoms with Crippen molar-refractivity contribution in [2.45, 2.75) is 45.2 Å². The Balaban J connectivity index is 1.97. The number of furan rings is 1. The molecule has 0 spiro atoms. The number of nitrogens with zero attached hydrogens (tertiary/aromatic N) is 1. The highest BCUT2D eigenvalue weighted by Gasteiger charge is 2.35. The molecule has 0 aliphatic carbocycles. The zero-order valence-corrected chi connectivity index (χ0v) is 13.3. The minimum atomic E-state index is -0.212. The lowest BCUT2D eigenvalue weighted by molar-refractivity contribution is 0.0901. The van der Waals surface area contributed by atoms with Gasteiger partial charge in [0, 0.05) is 31.2 Å². The van der Waals surface area contributed by atoms with Crippen LogP contribution in [0.4, 0.5) is 0 Å². The first-order chi connectivity index (χ1) is 9.89. The number of nitrogens with two attached hydrogens (primary N) is 1. The summed E-state index contributed by atoms with van der Waals surface area (Å²) in [5.41, 5.74) is 5.90. The number of amides is 1. The van der Waals surface area contributed by atoms with Gasteiger partial charge >= 0.3 is 0 Å². The highest BCUT2D eigenvalue weighted by molar-refractivity contribution is 5.91. The van der Waals surface area contributed by atoms with Gasteiger partial charge in [0.1, 0.15) is 0 Å². The third kappa shape index (κ3) is 4.58. The van der Waals surface area contributed by atoms with E-state index in [9.17, 15) is 4.79 Å². The van der Waals surface area contributed by atoms with E-state index in [-0.39, 0.29) is 17.5 Å². The second-order valence-corrected chi connectivity index (χ2v) is 6.79. The molecule has 21 heavy (non-hydrogen) atoms. The highest BCUT2D eigenvalue weighted by Crippen LogP contribution is 2.23. The van der Waals surface area contributed by atoms with E-state index in [1.165, 1.54) is 6.26 Å². The number of likely N-dealkylation sites (tertiary alicyclic amines) is 1. The van der Waals surface area contributed by atoms with Crippen LogP contribution in [0.25, 0.3) is 0 Å². The SMILES string of the molecule is CCC[C@@H]1CN(CC(C)(C)N)C[C@H]1NC(=O)c1ccco1. The number of carbonyl (C=O) groups excluding carboxylic acids is 1. The van der Waals surface area contributed by atoms with Crippen molar-refractivity contribution in [1.29, 1.82) is 0 Å². The van der Waals surface area contributed by atoms with Crippen LogP contribution < -0.4 is 11.1 Å². The van der Waals surface area contributed by atoms with Gasteiger partial charge in [-0.1, -0.05) is 13.3 Å². The Morgan fingerprint density at radius 1 is 1.52 bits per heavy atom. The normalized spacial score (nSPS) is 23.4. The lowest BCUT2D eigenvalue weighted by atomic mass is 9.98. The van der Waals surface area contributed by atoms with E-state index in [1.807, 2.05) is 13.8 Å². The molecule has 0 radical (unpaired) electrons. The van der Waals surface area contributed by atoms with E-state index in [4.69, 9.17) is 10.2 Å². The molecule has 0 saturated carbocycles. The summed E-state index contributed by atoms with van der Waals surface area (Å²) in [5, 5.41) is 3.12. The first-order valence-electron chi connectivity index (χ1n) is 7.74. The van der Waals surface area contributed by atoms with Gasteiger partial charge in [-0.3, -0.25) is 9.69 Å². The first kappa shape index (κ1) is 16.0. The van der Waals surface area contributed by atoms with Crippen molar-refractivity contribution in [1.82, 2.24) is 10.2 Å². The predicted octanol–water partition coefficient (Wildman–Crippen LogP) is 1.85. The molecule has 2 atom stereocenters. The molecule has 1 saturated heterocycles. The number of hydrogen-bond donors (Lipinski definition) is 2. The predicted molar refractivity (Wildman–Crippen MR) is 83.1 cm³/mol. The molecule has 1 aromatic rings. The van der Waals surface area contributed by atoms with Crippen LogP contribution in [0.15, 0.2) is 22.8 Å². The zero-order valence-electron chi connectivity index (χ0n) is 13.3. The summed E-state index contributed by atoms with van der Waals surface area (Å²) < 4.78 is 5.16. The van der Waals surface area contributed by atoms with Gasteiger partial charge in [0.2, 0.25) is 0 Å². The van der Waals surface area contributed by atoms with Gasteiger partial charge < -0.3 is 15.5 Å². The van der Waals surface area contributed by atoms with E-state index in [0.29, 0.717) is 11.7 Å². The van der Waals surface area contributed by atoms with Gasteiger partial charge in [-0.2, -0.15) is 0 Å². The van der Waals surface area contributed by atoms with Crippen LogP contribution >= 0.6 is 0 Å². The van der Waals surface area contributed by atoms with Crippen molar-refractivity contribution >= 4 is 5.91 Å². The van der Waals surface area contributed by atoms with Crippen molar-refractivity contribution in [2.75, 3.05) is 19.6 Å². The van der Waals surface area contributed by atoms with Crippen LogP contribution in [-0.4, -0.2) is 42.0 Å². The summed E-state index contributed by atoms with van der Waals surface area (Å²) >= 11 is 0. The Hall–Kier alpha value is -1.33. The van der Waals surface area contributed by atoms with Crippen LogP contribution in [0.1, 0.15) is 44.2 Å². The molecule has 1 aliphatic heterocycles. The molecular weight excluding hydrogens is 266 g/mol. The summed E-state index contributed by atoms with van der Waals surface area (Å²) in [6.45, 7) is 8.96. The third-order valence-corrected chi connectivity index (χ3v) is 3.87. The van der Waals surface area contributed by atoms with Crippen molar-refractivity contribution in [3.8, 4) is 0 Å². The standard InChI is InChI=1S/C16H27N3O2/c1-4-6-12-9-19(11-16(2,3)17)10-13(12)18-15(20)14-7-5-8-21-14/h5,7-8,12-13H,4,6,9-11,17H2,1-3H3,(H,18,20)/t12-,13-/m1/s1. The summed E-state index contributed by atoms with van der Waals surface area (Å²) in [6.07, 6.45) is 3.76. The highest BCUT2D eigenvalue weighted by atomic mass is 16.3. The molecule has 118 valence electrons. The summed E-state index contributed by atoms with van der Waals surface area (Å²) in [4.78, 5) is 14.5. The lowest BCUT2D eigenvalue weighted by Gasteiger charge is -2.26. The van der Waals surface area contributed by atoms with Gasteiger partial charge in [-0.05, 0) is 38.3 Å². The number of carbonyl (C=O) groups is 1. The van der Waals surface area contributed by atoms with Crippen molar-refractivity contribution < 1.29 is 9.21 Å². The Bertz CT molecular complexity index is 451. The van der Waals surface area contributed by atoms with Crippen LogP contribution in [0, 0.1) is 5.92 Å². The fourth-order valence-electron chi connectivity index (χ4n) is 3.14. The molecule has 1 fully saturated rings. The molecule has 2 rings (SSSR count). The number of rotatable bonds is 6. The first-order valence-corrected chi connectivity index (χ1v) is 7.74. The van der Waals surface area contributed by atoms with E-state index < -0.39 is 0 Å². The average Bonchev–Trinajstić information content (AvgIpc) is 2.98. The maximum Gasteiger partial charge on any atom is 0.287 e. The maximum atomic E-state index is 12.2. The van der Waals surface area contributed by atoms with E-state index in [1.54, 1.807) is 12.1 Å². The molecule has 0 aromatic carbocycles. The molecule has 1 aliphatic rings. The number of hydrogen-bond acceptors (Lipinski definition) is 4. The van der Waals surface area contributed by atoms with Crippen molar-refractivity contribution in [3.05, 3.63) is 24.2 Å². The maximum absolute atomic E-state index is 12.2. The fraction of sp³-hybridized carbons (Fsp3) is 0.688. The Morgan fingerprint density at radius 2 is 2.29 bits per heavy atom. The van der Waals surface area contributed by atoms with Crippen LogP contribution in [0.5, 0.6) is 0 Å². The zero-order chi connectivity index (χ0) is 15.5. The minimum absolute atomic E-state index is 0.125. The number of nitrogens with one attached hydrogen (secondary N) is 1. The molecule has 2 heterocycles. The minimum Gasteiger partial charge on any atom is -0.459 e. The summed E-state index contributed by atoms with van der Waals surface area (Å²) in [5.74, 6) is 0.735. The van der Waals surface area contributed by atoms with Crippen LogP contribution in [0.3, 0.4) is 0 Å². The van der Waals surface area contributed by atoms with Crippen LogP contribution in [0.2, 0.25) is 0 Å². The summed E-state index contributed by atoms with van der Waals surface area (Å²) in [6, 6.07) is 3.60. The van der Waals surface area contributed by atoms with Gasteiger partial charge in [-0.15, -0.1) is 0 Å². The molecule has 0 unspecified atom stereocenters. The smallest absolute Gasteiger partial charge is 0.287 e. The second-order valence-electron chi connectivity index (χ2n) is 6.79. The lowest BCUT2D eigenvalue weighted by Crippen LogP contribution is -2.46.